The second-order valence-corrected chi connectivity index (χ2v) is 4.94. The minimum absolute atomic E-state index is 0.00373. The lowest BCUT2D eigenvalue weighted by molar-refractivity contribution is -0.670. The van der Waals surface area contributed by atoms with Gasteiger partial charge in [-0.25, -0.2) is 4.57 Å². The zero-order chi connectivity index (χ0) is 15.4. The Morgan fingerprint density at radius 1 is 1.14 bits per heavy atom. The number of nitrogen functional groups attached to an aromatic ring is 1. The average Bonchev–Trinajstić information content (AvgIpc) is 2.43. The predicted molar refractivity (Wildman–Crippen MR) is 80.9 cm³/mol. The molecule has 0 unspecified atom stereocenters. The highest BCUT2D eigenvalue weighted by atomic mass is 16.2. The maximum atomic E-state index is 12.0. The number of nitrogens with one attached hydrogen (secondary N) is 1. The standard InChI is InChI=1S/C16H17N3O2/c1-11-3-8-15(17)19(9-11)10-16(21)18-14-6-4-13(5-7-14)12(2)20/h3-9,17H,10H2,1-2H3,(H,18,20,21)/p+1. The lowest BCUT2D eigenvalue weighted by Crippen LogP contribution is -2.42. The fourth-order valence-electron chi connectivity index (χ4n) is 1.96. The molecule has 0 saturated heterocycles. The Morgan fingerprint density at radius 2 is 1.81 bits per heavy atom. The molecule has 5 heteroatoms. The Hall–Kier alpha value is -2.69. The molecule has 0 atom stereocenters. The number of hydrogen-bond donors (Lipinski definition) is 2. The SMILES string of the molecule is CC(=O)c1ccc(NC(=O)C[n+]2cc(C)ccc2N)cc1. The number of nitrogens with zero attached hydrogens (tertiary/aromatic N) is 1. The molecule has 3 N–H and O–H groups in total. The third-order valence-electron chi connectivity index (χ3n) is 3.10. The van der Waals surface area contributed by atoms with Crippen molar-refractivity contribution in [3.63, 3.8) is 0 Å². The van der Waals surface area contributed by atoms with Crippen molar-refractivity contribution in [3.8, 4) is 0 Å². The van der Waals surface area contributed by atoms with Crippen LogP contribution < -0.4 is 15.6 Å². The number of Topliss-reactive ketones (excluding diaryl/α,β-unsaturated/α-hetero) is 1. The van der Waals surface area contributed by atoms with E-state index < -0.39 is 0 Å². The number of aromatic nitrogens is 1. The summed E-state index contributed by atoms with van der Waals surface area (Å²) in [6.45, 7) is 3.58. The summed E-state index contributed by atoms with van der Waals surface area (Å²) in [5.74, 6) is 0.353. The van der Waals surface area contributed by atoms with Crippen LogP contribution in [0.5, 0.6) is 0 Å². The molecule has 0 aliphatic rings. The summed E-state index contributed by atoms with van der Waals surface area (Å²) in [5.41, 5.74) is 8.13. The zero-order valence-electron chi connectivity index (χ0n) is 12.1. The minimum Gasteiger partial charge on any atom is -0.323 e. The van der Waals surface area contributed by atoms with Crippen LogP contribution in [0.15, 0.2) is 42.6 Å². The third kappa shape index (κ3) is 3.89. The first kappa shape index (κ1) is 14.7. The Labute approximate surface area is 123 Å². The molecule has 1 amide bonds. The number of anilines is 2. The molecular weight excluding hydrogens is 266 g/mol. The van der Waals surface area contributed by atoms with Crippen LogP contribution in [-0.4, -0.2) is 11.7 Å². The molecule has 5 nitrogen and oxygen atoms in total. The first-order valence-corrected chi connectivity index (χ1v) is 6.62. The highest BCUT2D eigenvalue weighted by Gasteiger charge is 2.11. The van der Waals surface area contributed by atoms with Crippen LogP contribution in [0.1, 0.15) is 22.8 Å². The average molecular weight is 284 g/mol. The summed E-state index contributed by atoms with van der Waals surface area (Å²) in [5, 5.41) is 2.78. The maximum Gasteiger partial charge on any atom is 0.272 e. The van der Waals surface area contributed by atoms with E-state index >= 15 is 0 Å². The molecule has 0 bridgehead atoms. The van der Waals surface area contributed by atoms with Gasteiger partial charge in [0.15, 0.2) is 12.3 Å². The van der Waals surface area contributed by atoms with Gasteiger partial charge in [0.25, 0.3) is 11.7 Å². The number of ketones is 1. The van der Waals surface area contributed by atoms with Crippen LogP contribution in [0.4, 0.5) is 11.5 Å². The zero-order valence-corrected chi connectivity index (χ0v) is 12.1. The molecular formula is C16H18N3O2+. The minimum atomic E-state index is -0.173. The van der Waals surface area contributed by atoms with E-state index in [1.165, 1.54) is 6.92 Å². The van der Waals surface area contributed by atoms with Crippen LogP contribution in [0, 0.1) is 6.92 Å². The lowest BCUT2D eigenvalue weighted by atomic mass is 10.1. The summed E-state index contributed by atoms with van der Waals surface area (Å²) >= 11 is 0. The number of hydrogen-bond acceptors (Lipinski definition) is 3. The van der Waals surface area contributed by atoms with Gasteiger partial charge in [-0.05, 0) is 49.7 Å². The number of pyridine rings is 1. The van der Waals surface area contributed by atoms with Crippen LogP contribution in [0.3, 0.4) is 0 Å². The molecule has 0 aliphatic carbocycles. The predicted octanol–water partition coefficient (Wildman–Crippen LogP) is 1.71. The molecule has 21 heavy (non-hydrogen) atoms. The molecule has 108 valence electrons. The van der Waals surface area contributed by atoms with Crippen molar-refractivity contribution in [1.29, 1.82) is 0 Å². The van der Waals surface area contributed by atoms with Gasteiger partial charge in [-0.1, -0.05) is 0 Å². The molecule has 0 saturated carbocycles. The summed E-state index contributed by atoms with van der Waals surface area (Å²) in [4.78, 5) is 23.2. The number of aryl methyl sites for hydroxylation is 1. The van der Waals surface area contributed by atoms with Gasteiger partial charge < -0.3 is 5.32 Å². The van der Waals surface area contributed by atoms with Gasteiger partial charge in [-0.2, -0.15) is 0 Å². The van der Waals surface area contributed by atoms with Gasteiger partial charge in [-0.15, -0.1) is 0 Å². The number of nitrogens with two attached hydrogens (primary N) is 1. The van der Waals surface area contributed by atoms with Crippen molar-refractivity contribution in [1.82, 2.24) is 0 Å². The van der Waals surface area contributed by atoms with E-state index in [1.54, 1.807) is 34.9 Å². The second kappa shape index (κ2) is 6.17. The van der Waals surface area contributed by atoms with Gasteiger partial charge in [0, 0.05) is 17.3 Å². The summed E-state index contributed by atoms with van der Waals surface area (Å²) < 4.78 is 1.69. The monoisotopic (exact) mass is 284 g/mol. The molecule has 2 aromatic rings. The van der Waals surface area contributed by atoms with Crippen LogP contribution in [-0.2, 0) is 11.3 Å². The van der Waals surface area contributed by atoms with E-state index in [2.05, 4.69) is 5.32 Å². The van der Waals surface area contributed by atoms with Crippen LogP contribution >= 0.6 is 0 Å². The van der Waals surface area contributed by atoms with Gasteiger partial charge >= 0.3 is 0 Å². The third-order valence-corrected chi connectivity index (χ3v) is 3.10. The molecule has 0 radical (unpaired) electrons. The summed E-state index contributed by atoms with van der Waals surface area (Å²) in [6.07, 6.45) is 1.83. The number of amides is 1. The molecule has 0 fully saturated rings. The fourth-order valence-corrected chi connectivity index (χ4v) is 1.96. The summed E-state index contributed by atoms with van der Waals surface area (Å²) in [7, 11) is 0. The smallest absolute Gasteiger partial charge is 0.272 e. The molecule has 2 rings (SSSR count). The van der Waals surface area contributed by atoms with Crippen molar-refractivity contribution in [2.75, 3.05) is 11.1 Å². The number of benzene rings is 1. The van der Waals surface area contributed by atoms with Crippen molar-refractivity contribution in [2.45, 2.75) is 20.4 Å². The number of carbonyl (C=O) groups excluding carboxylic acids is 2. The van der Waals surface area contributed by atoms with Crippen LogP contribution in [0.25, 0.3) is 0 Å². The highest BCUT2D eigenvalue weighted by Crippen LogP contribution is 2.10. The van der Waals surface area contributed by atoms with E-state index in [0.29, 0.717) is 17.1 Å². The maximum absolute atomic E-state index is 12.0. The molecule has 1 aromatic carbocycles. The Morgan fingerprint density at radius 3 is 2.43 bits per heavy atom. The Bertz CT molecular complexity index is 678. The first-order chi connectivity index (χ1) is 9.95. The summed E-state index contributed by atoms with van der Waals surface area (Å²) in [6, 6.07) is 10.4. The molecule has 1 heterocycles. The number of rotatable bonds is 4. The van der Waals surface area contributed by atoms with Gasteiger partial charge in [0.1, 0.15) is 0 Å². The van der Waals surface area contributed by atoms with Crippen molar-refractivity contribution in [3.05, 3.63) is 53.7 Å². The van der Waals surface area contributed by atoms with Gasteiger partial charge in [0.05, 0.1) is 6.20 Å². The van der Waals surface area contributed by atoms with E-state index in [9.17, 15) is 9.59 Å². The van der Waals surface area contributed by atoms with Gasteiger partial charge in [-0.3, -0.25) is 15.3 Å². The van der Waals surface area contributed by atoms with Crippen molar-refractivity contribution >= 4 is 23.2 Å². The second-order valence-electron chi connectivity index (χ2n) is 4.94. The van der Waals surface area contributed by atoms with Crippen molar-refractivity contribution < 1.29 is 14.2 Å². The largest absolute Gasteiger partial charge is 0.323 e. The van der Waals surface area contributed by atoms with E-state index in [4.69, 9.17) is 5.73 Å². The van der Waals surface area contributed by atoms with E-state index in [-0.39, 0.29) is 18.2 Å². The Balaban J connectivity index is 2.04. The lowest BCUT2D eigenvalue weighted by Gasteiger charge is -2.07. The molecule has 0 aliphatic heterocycles. The Kier molecular flexibility index (Phi) is 4.33. The van der Waals surface area contributed by atoms with E-state index in [0.717, 1.165) is 5.56 Å². The van der Waals surface area contributed by atoms with Crippen LogP contribution in [0.2, 0.25) is 0 Å². The van der Waals surface area contributed by atoms with E-state index in [1.807, 2.05) is 19.2 Å². The van der Waals surface area contributed by atoms with Crippen molar-refractivity contribution in [2.24, 2.45) is 0 Å². The normalized spacial score (nSPS) is 10.2. The quantitative estimate of drug-likeness (QED) is 0.663. The molecule has 1 aromatic heterocycles. The molecule has 0 spiro atoms. The first-order valence-electron chi connectivity index (χ1n) is 6.62. The van der Waals surface area contributed by atoms with Gasteiger partial charge in [0.2, 0.25) is 0 Å². The topological polar surface area (TPSA) is 76.1 Å². The fraction of sp³-hybridized carbons (Fsp3) is 0.188. The highest BCUT2D eigenvalue weighted by molar-refractivity contribution is 5.95. The number of carbonyl (C=O) groups is 2.